The van der Waals surface area contributed by atoms with Crippen molar-refractivity contribution in [3.8, 4) is 5.75 Å². The summed E-state index contributed by atoms with van der Waals surface area (Å²) in [6.45, 7) is 3.31. The molecular weight excluding hydrogens is 480 g/mol. The molecule has 3 aromatic carbocycles. The zero-order chi connectivity index (χ0) is 22.6. The molecule has 0 aliphatic rings. The van der Waals surface area contributed by atoms with E-state index in [1.807, 2.05) is 19.1 Å². The van der Waals surface area contributed by atoms with Crippen molar-refractivity contribution in [3.05, 3.63) is 82.3 Å². The third kappa shape index (κ3) is 5.26. The molecule has 3 rings (SSSR count). The van der Waals surface area contributed by atoms with Gasteiger partial charge in [0.25, 0.3) is 10.0 Å². The normalized spacial score (nSPS) is 11.1. The van der Waals surface area contributed by atoms with Gasteiger partial charge >= 0.3 is 0 Å². The second-order valence-electron chi connectivity index (χ2n) is 6.99. The van der Waals surface area contributed by atoms with Crippen LogP contribution in [0.25, 0.3) is 0 Å². The number of hydrogen-bond acceptors (Lipinski definition) is 4. The molecule has 0 aliphatic carbocycles. The number of nitrogens with one attached hydrogen (secondary N) is 1. The summed E-state index contributed by atoms with van der Waals surface area (Å²) in [5, 5.41) is 2.78. The molecule has 162 valence electrons. The molecule has 8 heteroatoms. The molecule has 0 aromatic heterocycles. The van der Waals surface area contributed by atoms with Crippen LogP contribution in [0.5, 0.6) is 5.75 Å². The van der Waals surface area contributed by atoms with Gasteiger partial charge in [-0.3, -0.25) is 9.10 Å². The minimum absolute atomic E-state index is 0.0851. The van der Waals surface area contributed by atoms with E-state index in [0.29, 0.717) is 22.7 Å². The second kappa shape index (κ2) is 9.53. The molecule has 0 fully saturated rings. The molecule has 0 spiro atoms. The van der Waals surface area contributed by atoms with Gasteiger partial charge in [-0.1, -0.05) is 34.1 Å². The topological polar surface area (TPSA) is 75.7 Å². The van der Waals surface area contributed by atoms with Crippen LogP contribution in [0.4, 0.5) is 11.4 Å². The smallest absolute Gasteiger partial charge is 0.264 e. The summed E-state index contributed by atoms with van der Waals surface area (Å²) < 4.78 is 34.2. The SMILES string of the molecule is COc1ccc(S(=O)(=O)N(CC(=O)Nc2ccc(Br)c(C)c2)c2ccccc2)cc1C. The Morgan fingerprint density at radius 3 is 2.32 bits per heavy atom. The quantitative estimate of drug-likeness (QED) is 0.497. The van der Waals surface area contributed by atoms with E-state index in [1.165, 1.54) is 13.2 Å². The van der Waals surface area contributed by atoms with Gasteiger partial charge in [-0.2, -0.15) is 0 Å². The Morgan fingerprint density at radius 1 is 1.00 bits per heavy atom. The van der Waals surface area contributed by atoms with Gasteiger partial charge in [0.05, 0.1) is 17.7 Å². The summed E-state index contributed by atoms with van der Waals surface area (Å²) in [6.07, 6.45) is 0. The maximum atomic E-state index is 13.5. The standard InChI is InChI=1S/C23H23BrN2O4S/c1-16-13-18(9-11-21(16)24)25-23(27)15-26(19-7-5-4-6-8-19)31(28,29)20-10-12-22(30-3)17(2)14-20/h4-14H,15H2,1-3H3,(H,25,27). The molecule has 31 heavy (non-hydrogen) atoms. The van der Waals surface area contributed by atoms with E-state index in [0.717, 1.165) is 14.3 Å². The highest BCUT2D eigenvalue weighted by atomic mass is 79.9. The number of para-hydroxylation sites is 1. The highest BCUT2D eigenvalue weighted by Gasteiger charge is 2.27. The van der Waals surface area contributed by atoms with Gasteiger partial charge in [0.15, 0.2) is 0 Å². The lowest BCUT2D eigenvalue weighted by Crippen LogP contribution is -2.38. The molecule has 0 unspecified atom stereocenters. The van der Waals surface area contributed by atoms with Crippen LogP contribution in [-0.2, 0) is 14.8 Å². The molecule has 1 amide bonds. The monoisotopic (exact) mass is 502 g/mol. The van der Waals surface area contributed by atoms with Crippen molar-refractivity contribution in [2.75, 3.05) is 23.3 Å². The fourth-order valence-electron chi connectivity index (χ4n) is 3.10. The first-order chi connectivity index (χ1) is 14.7. The van der Waals surface area contributed by atoms with Crippen molar-refractivity contribution in [2.45, 2.75) is 18.7 Å². The highest BCUT2D eigenvalue weighted by Crippen LogP contribution is 2.27. The summed E-state index contributed by atoms with van der Waals surface area (Å²) in [5.74, 6) is 0.146. The number of sulfonamides is 1. The van der Waals surface area contributed by atoms with Crippen LogP contribution in [0.2, 0.25) is 0 Å². The van der Waals surface area contributed by atoms with E-state index in [2.05, 4.69) is 21.2 Å². The van der Waals surface area contributed by atoms with E-state index in [4.69, 9.17) is 4.74 Å². The lowest BCUT2D eigenvalue weighted by atomic mass is 10.2. The van der Waals surface area contributed by atoms with Gasteiger partial charge in [-0.05, 0) is 73.5 Å². The summed E-state index contributed by atoms with van der Waals surface area (Å²) in [5.41, 5.74) is 2.64. The summed E-state index contributed by atoms with van der Waals surface area (Å²) in [7, 11) is -2.47. The number of halogens is 1. The number of methoxy groups -OCH3 is 1. The number of anilines is 2. The molecule has 0 bridgehead atoms. The molecule has 1 N–H and O–H groups in total. The molecule has 3 aromatic rings. The fraction of sp³-hybridized carbons (Fsp3) is 0.174. The number of rotatable bonds is 7. The van der Waals surface area contributed by atoms with Gasteiger partial charge in [0.1, 0.15) is 12.3 Å². The van der Waals surface area contributed by atoms with E-state index in [1.54, 1.807) is 55.5 Å². The lowest BCUT2D eigenvalue weighted by molar-refractivity contribution is -0.114. The molecule has 6 nitrogen and oxygen atoms in total. The number of carbonyl (C=O) groups excluding carboxylic acids is 1. The number of hydrogen-bond donors (Lipinski definition) is 1. The molecular formula is C23H23BrN2O4S. The van der Waals surface area contributed by atoms with E-state index < -0.39 is 15.9 Å². The number of nitrogens with zero attached hydrogens (tertiary/aromatic N) is 1. The number of amides is 1. The maximum absolute atomic E-state index is 13.5. The zero-order valence-electron chi connectivity index (χ0n) is 17.4. The van der Waals surface area contributed by atoms with Crippen molar-refractivity contribution < 1.29 is 17.9 Å². The molecule has 0 atom stereocenters. The lowest BCUT2D eigenvalue weighted by Gasteiger charge is -2.24. The van der Waals surface area contributed by atoms with E-state index in [9.17, 15) is 13.2 Å². The van der Waals surface area contributed by atoms with Crippen molar-refractivity contribution >= 4 is 43.2 Å². The van der Waals surface area contributed by atoms with Crippen LogP contribution in [0.1, 0.15) is 11.1 Å². The molecule has 0 saturated heterocycles. The first-order valence-corrected chi connectivity index (χ1v) is 11.7. The minimum atomic E-state index is -3.99. The Labute approximate surface area is 191 Å². The average Bonchev–Trinajstić information content (AvgIpc) is 2.75. The summed E-state index contributed by atoms with van der Waals surface area (Å²) in [6, 6.07) is 18.6. The predicted octanol–water partition coefficient (Wildman–Crippen LogP) is 4.91. The van der Waals surface area contributed by atoms with E-state index in [-0.39, 0.29) is 11.4 Å². The van der Waals surface area contributed by atoms with Gasteiger partial charge in [-0.15, -0.1) is 0 Å². The van der Waals surface area contributed by atoms with Crippen molar-refractivity contribution in [1.29, 1.82) is 0 Å². The fourth-order valence-corrected chi connectivity index (χ4v) is 4.85. The Bertz CT molecular complexity index is 1200. The average molecular weight is 503 g/mol. The number of benzene rings is 3. The van der Waals surface area contributed by atoms with Crippen LogP contribution >= 0.6 is 15.9 Å². The predicted molar refractivity (Wildman–Crippen MR) is 126 cm³/mol. The van der Waals surface area contributed by atoms with Gasteiger partial charge in [0, 0.05) is 10.2 Å². The number of aryl methyl sites for hydroxylation is 2. The Hall–Kier alpha value is -2.84. The molecule has 0 radical (unpaired) electrons. The third-order valence-electron chi connectivity index (χ3n) is 4.73. The highest BCUT2D eigenvalue weighted by molar-refractivity contribution is 9.10. The number of ether oxygens (including phenoxy) is 1. The van der Waals surface area contributed by atoms with Crippen molar-refractivity contribution in [1.82, 2.24) is 0 Å². The van der Waals surface area contributed by atoms with Crippen LogP contribution in [0.15, 0.2) is 76.1 Å². The molecule has 0 heterocycles. The van der Waals surface area contributed by atoms with Crippen LogP contribution in [0, 0.1) is 13.8 Å². The van der Waals surface area contributed by atoms with Gasteiger partial charge in [0.2, 0.25) is 5.91 Å². The zero-order valence-corrected chi connectivity index (χ0v) is 19.8. The minimum Gasteiger partial charge on any atom is -0.496 e. The Balaban J connectivity index is 1.94. The van der Waals surface area contributed by atoms with Crippen LogP contribution in [-0.4, -0.2) is 28.0 Å². The third-order valence-corrected chi connectivity index (χ3v) is 7.39. The molecule has 0 aliphatic heterocycles. The Kier molecular flexibility index (Phi) is 7.02. The van der Waals surface area contributed by atoms with Gasteiger partial charge < -0.3 is 10.1 Å². The molecule has 0 saturated carbocycles. The van der Waals surface area contributed by atoms with Crippen LogP contribution < -0.4 is 14.4 Å². The number of carbonyl (C=O) groups is 1. The maximum Gasteiger partial charge on any atom is 0.264 e. The largest absolute Gasteiger partial charge is 0.496 e. The van der Waals surface area contributed by atoms with Crippen LogP contribution in [0.3, 0.4) is 0 Å². The first kappa shape index (κ1) is 22.8. The Morgan fingerprint density at radius 2 is 1.71 bits per heavy atom. The van der Waals surface area contributed by atoms with Crippen molar-refractivity contribution in [3.63, 3.8) is 0 Å². The van der Waals surface area contributed by atoms with Gasteiger partial charge in [-0.25, -0.2) is 8.42 Å². The van der Waals surface area contributed by atoms with Crippen molar-refractivity contribution in [2.24, 2.45) is 0 Å². The first-order valence-electron chi connectivity index (χ1n) is 9.51. The summed E-state index contributed by atoms with van der Waals surface area (Å²) in [4.78, 5) is 12.9. The van der Waals surface area contributed by atoms with E-state index >= 15 is 0 Å². The second-order valence-corrected chi connectivity index (χ2v) is 9.71. The summed E-state index contributed by atoms with van der Waals surface area (Å²) >= 11 is 3.43.